The van der Waals surface area contributed by atoms with Crippen LogP contribution in [0.15, 0.2) is 12.1 Å². The summed E-state index contributed by atoms with van der Waals surface area (Å²) in [4.78, 5) is 7.54. The van der Waals surface area contributed by atoms with Gasteiger partial charge in [-0.25, -0.2) is 0 Å². The predicted octanol–water partition coefficient (Wildman–Crippen LogP) is 2.95. The Labute approximate surface area is 127 Å². The van der Waals surface area contributed by atoms with Gasteiger partial charge in [0.1, 0.15) is 0 Å². The highest BCUT2D eigenvalue weighted by molar-refractivity contribution is 5.87. The minimum absolute atomic E-state index is 0.918. The van der Waals surface area contributed by atoms with E-state index < -0.39 is 0 Å². The van der Waals surface area contributed by atoms with Gasteiger partial charge < -0.3 is 5.32 Å². The monoisotopic (exact) mass is 283 g/mol. The van der Waals surface area contributed by atoms with Crippen LogP contribution in [0.4, 0.5) is 0 Å². The van der Waals surface area contributed by atoms with Gasteiger partial charge in [0, 0.05) is 37.1 Å². The number of aromatic nitrogens is 1. The second kappa shape index (κ2) is 5.74. The Kier molecular flexibility index (Phi) is 3.96. The SMILES string of the molecule is CCN1CCc2nc3c(C)c(C)ccc3c(CNC)c2C1. The maximum Gasteiger partial charge on any atom is 0.0740 e. The fourth-order valence-corrected chi connectivity index (χ4v) is 3.34. The van der Waals surface area contributed by atoms with Crippen molar-refractivity contribution in [3.8, 4) is 0 Å². The number of hydrogen-bond donors (Lipinski definition) is 1. The molecule has 21 heavy (non-hydrogen) atoms. The van der Waals surface area contributed by atoms with E-state index in [-0.39, 0.29) is 0 Å². The lowest BCUT2D eigenvalue weighted by molar-refractivity contribution is 0.265. The fraction of sp³-hybridized carbons (Fsp3) is 0.500. The molecule has 0 aliphatic carbocycles. The van der Waals surface area contributed by atoms with Gasteiger partial charge >= 0.3 is 0 Å². The average molecular weight is 283 g/mol. The maximum absolute atomic E-state index is 5.03. The zero-order valence-corrected chi connectivity index (χ0v) is 13.6. The Hall–Kier alpha value is -1.45. The first-order valence-corrected chi connectivity index (χ1v) is 7.93. The first-order valence-electron chi connectivity index (χ1n) is 7.93. The summed E-state index contributed by atoms with van der Waals surface area (Å²) in [6, 6.07) is 4.48. The summed E-state index contributed by atoms with van der Waals surface area (Å²) in [6.45, 7) is 10.8. The van der Waals surface area contributed by atoms with Crippen molar-refractivity contribution in [2.75, 3.05) is 20.1 Å². The highest BCUT2D eigenvalue weighted by Crippen LogP contribution is 2.30. The molecule has 1 aliphatic heterocycles. The zero-order chi connectivity index (χ0) is 15.0. The van der Waals surface area contributed by atoms with Gasteiger partial charge in [-0.3, -0.25) is 9.88 Å². The van der Waals surface area contributed by atoms with Crippen LogP contribution in [0, 0.1) is 13.8 Å². The van der Waals surface area contributed by atoms with Gasteiger partial charge in [-0.1, -0.05) is 19.1 Å². The molecular formula is C18H25N3. The molecule has 1 N–H and O–H groups in total. The van der Waals surface area contributed by atoms with Crippen LogP contribution < -0.4 is 5.32 Å². The van der Waals surface area contributed by atoms with E-state index in [1.807, 2.05) is 7.05 Å². The molecule has 2 heterocycles. The van der Waals surface area contributed by atoms with Crippen LogP contribution in [-0.4, -0.2) is 30.0 Å². The van der Waals surface area contributed by atoms with Crippen LogP contribution >= 0.6 is 0 Å². The maximum atomic E-state index is 5.03. The van der Waals surface area contributed by atoms with Crippen molar-refractivity contribution in [1.82, 2.24) is 15.2 Å². The molecule has 3 heteroatoms. The molecule has 0 atom stereocenters. The molecule has 1 aromatic carbocycles. The summed E-state index contributed by atoms with van der Waals surface area (Å²) in [5, 5.41) is 4.67. The number of benzene rings is 1. The number of hydrogen-bond acceptors (Lipinski definition) is 3. The average Bonchev–Trinajstić information content (AvgIpc) is 2.51. The van der Waals surface area contributed by atoms with E-state index >= 15 is 0 Å². The number of likely N-dealkylation sites (N-methyl/N-ethyl adjacent to an activating group) is 1. The van der Waals surface area contributed by atoms with E-state index in [1.165, 1.54) is 38.9 Å². The Morgan fingerprint density at radius 2 is 2.10 bits per heavy atom. The summed E-state index contributed by atoms with van der Waals surface area (Å²) < 4.78 is 0. The van der Waals surface area contributed by atoms with Gasteiger partial charge in [0.2, 0.25) is 0 Å². The van der Waals surface area contributed by atoms with E-state index in [0.717, 1.165) is 32.6 Å². The van der Waals surface area contributed by atoms with E-state index in [1.54, 1.807) is 0 Å². The molecule has 0 spiro atoms. The highest BCUT2D eigenvalue weighted by Gasteiger charge is 2.22. The lowest BCUT2D eigenvalue weighted by Crippen LogP contribution is -2.32. The Balaban J connectivity index is 2.26. The summed E-state index contributed by atoms with van der Waals surface area (Å²) >= 11 is 0. The number of nitrogens with one attached hydrogen (secondary N) is 1. The predicted molar refractivity (Wildman–Crippen MR) is 88.6 cm³/mol. The van der Waals surface area contributed by atoms with Crippen molar-refractivity contribution in [1.29, 1.82) is 0 Å². The molecule has 2 aromatic rings. The van der Waals surface area contributed by atoms with Crippen molar-refractivity contribution in [3.05, 3.63) is 40.1 Å². The van der Waals surface area contributed by atoms with E-state index in [9.17, 15) is 0 Å². The Morgan fingerprint density at radius 1 is 1.29 bits per heavy atom. The largest absolute Gasteiger partial charge is 0.316 e. The van der Waals surface area contributed by atoms with Gasteiger partial charge in [-0.2, -0.15) is 0 Å². The molecule has 1 aliphatic rings. The topological polar surface area (TPSA) is 28.2 Å². The third kappa shape index (κ3) is 2.45. The molecule has 0 fully saturated rings. The minimum Gasteiger partial charge on any atom is -0.316 e. The Morgan fingerprint density at radius 3 is 2.81 bits per heavy atom. The van der Waals surface area contributed by atoms with Gasteiger partial charge in [-0.05, 0) is 49.7 Å². The van der Waals surface area contributed by atoms with Crippen LogP contribution in [0.5, 0.6) is 0 Å². The molecule has 0 saturated heterocycles. The smallest absolute Gasteiger partial charge is 0.0740 e. The fourth-order valence-electron chi connectivity index (χ4n) is 3.34. The molecule has 1 aromatic heterocycles. The van der Waals surface area contributed by atoms with Gasteiger partial charge in [0.25, 0.3) is 0 Å². The standard InChI is InChI=1S/C18H25N3/c1-5-21-9-8-17-16(11-21)15(10-19-4)14-7-6-12(2)13(3)18(14)20-17/h6-7,19H,5,8-11H2,1-4H3. The van der Waals surface area contributed by atoms with E-state index in [4.69, 9.17) is 4.98 Å². The molecule has 0 saturated carbocycles. The van der Waals surface area contributed by atoms with Crippen molar-refractivity contribution in [3.63, 3.8) is 0 Å². The third-order valence-corrected chi connectivity index (χ3v) is 4.83. The van der Waals surface area contributed by atoms with Crippen molar-refractivity contribution < 1.29 is 0 Å². The number of aryl methyl sites for hydroxylation is 2. The minimum atomic E-state index is 0.918. The Bertz CT molecular complexity index is 676. The molecule has 0 unspecified atom stereocenters. The highest BCUT2D eigenvalue weighted by atomic mass is 15.1. The summed E-state index contributed by atoms with van der Waals surface area (Å²) in [7, 11) is 2.03. The van der Waals surface area contributed by atoms with Gasteiger partial charge in [0.15, 0.2) is 0 Å². The molecule has 0 amide bonds. The second-order valence-electron chi connectivity index (χ2n) is 6.07. The first-order chi connectivity index (χ1) is 10.2. The lowest BCUT2D eigenvalue weighted by atomic mass is 9.93. The normalized spacial score (nSPS) is 15.4. The number of rotatable bonds is 3. The van der Waals surface area contributed by atoms with Crippen molar-refractivity contribution in [2.45, 2.75) is 40.3 Å². The van der Waals surface area contributed by atoms with Gasteiger partial charge in [0.05, 0.1) is 5.52 Å². The zero-order valence-electron chi connectivity index (χ0n) is 13.6. The quantitative estimate of drug-likeness (QED) is 0.938. The number of nitrogens with zero attached hydrogens (tertiary/aromatic N) is 2. The molecule has 112 valence electrons. The van der Waals surface area contributed by atoms with Crippen LogP contribution in [0.2, 0.25) is 0 Å². The third-order valence-electron chi connectivity index (χ3n) is 4.83. The number of fused-ring (bicyclic) bond motifs is 2. The first kappa shape index (κ1) is 14.5. The molecule has 0 radical (unpaired) electrons. The summed E-state index contributed by atoms with van der Waals surface area (Å²) in [6.07, 6.45) is 1.07. The lowest BCUT2D eigenvalue weighted by Gasteiger charge is -2.29. The second-order valence-corrected chi connectivity index (χ2v) is 6.07. The van der Waals surface area contributed by atoms with E-state index in [2.05, 4.69) is 43.1 Å². The van der Waals surface area contributed by atoms with Crippen LogP contribution in [0.1, 0.15) is 34.9 Å². The van der Waals surface area contributed by atoms with Crippen molar-refractivity contribution >= 4 is 10.9 Å². The molecule has 3 nitrogen and oxygen atoms in total. The molecular weight excluding hydrogens is 258 g/mol. The van der Waals surface area contributed by atoms with Crippen LogP contribution in [-0.2, 0) is 19.5 Å². The summed E-state index contributed by atoms with van der Waals surface area (Å²) in [5.74, 6) is 0. The molecule has 3 rings (SSSR count). The van der Waals surface area contributed by atoms with Crippen LogP contribution in [0.3, 0.4) is 0 Å². The van der Waals surface area contributed by atoms with Crippen molar-refractivity contribution in [2.24, 2.45) is 0 Å². The van der Waals surface area contributed by atoms with Gasteiger partial charge in [-0.15, -0.1) is 0 Å². The van der Waals surface area contributed by atoms with Crippen LogP contribution in [0.25, 0.3) is 10.9 Å². The number of pyridine rings is 1. The molecule has 0 bridgehead atoms. The summed E-state index contributed by atoms with van der Waals surface area (Å²) in [5.41, 5.74) is 8.06. The van der Waals surface area contributed by atoms with E-state index in [0.29, 0.717) is 0 Å².